The van der Waals surface area contributed by atoms with Crippen LogP contribution < -0.4 is 5.73 Å². The largest absolute Gasteiger partial charge is 0.325 e. The molecule has 0 unspecified atom stereocenters. The van der Waals surface area contributed by atoms with E-state index in [2.05, 4.69) is 4.98 Å². The average molecular weight is 233 g/mol. The first-order valence-corrected chi connectivity index (χ1v) is 5.84. The minimum Gasteiger partial charge on any atom is -0.325 e. The molecular weight excluding hydrogens is 216 g/mol. The molecule has 2 nitrogen and oxygen atoms in total. The van der Waals surface area contributed by atoms with Crippen molar-refractivity contribution >= 4 is 23.7 Å². The third-order valence-corrected chi connectivity index (χ3v) is 3.78. The number of nitrogens with two attached hydrogens (primary N) is 1. The zero-order chi connectivity index (χ0) is 9.10. The first-order valence-electron chi connectivity index (χ1n) is 5.02. The summed E-state index contributed by atoms with van der Waals surface area (Å²) in [6, 6.07) is 0. The van der Waals surface area contributed by atoms with Crippen molar-refractivity contribution in [3.63, 3.8) is 0 Å². The summed E-state index contributed by atoms with van der Waals surface area (Å²) in [4.78, 5) is 5.69. The van der Waals surface area contributed by atoms with Crippen LogP contribution in [-0.4, -0.2) is 4.98 Å². The number of thiazole rings is 1. The maximum Gasteiger partial charge on any atom is 0.106 e. The maximum atomic E-state index is 5.52. The molecule has 1 aliphatic rings. The zero-order valence-corrected chi connectivity index (χ0v) is 9.87. The smallest absolute Gasteiger partial charge is 0.106 e. The van der Waals surface area contributed by atoms with Gasteiger partial charge in [0.05, 0.1) is 0 Å². The number of aromatic nitrogens is 1. The van der Waals surface area contributed by atoms with E-state index in [-0.39, 0.29) is 12.4 Å². The average Bonchev–Trinajstić information content (AvgIpc) is 2.76. The van der Waals surface area contributed by atoms with Crippen molar-refractivity contribution in [2.24, 2.45) is 11.7 Å². The lowest BCUT2D eigenvalue weighted by atomic mass is 10.0. The van der Waals surface area contributed by atoms with Crippen molar-refractivity contribution < 1.29 is 0 Å². The van der Waals surface area contributed by atoms with E-state index in [4.69, 9.17) is 5.73 Å². The van der Waals surface area contributed by atoms with Gasteiger partial charge in [0, 0.05) is 17.6 Å². The van der Waals surface area contributed by atoms with Gasteiger partial charge in [-0.2, -0.15) is 0 Å². The van der Waals surface area contributed by atoms with Crippen LogP contribution in [0.2, 0.25) is 0 Å². The molecule has 2 rings (SSSR count). The second-order valence-electron chi connectivity index (χ2n) is 3.78. The zero-order valence-electron chi connectivity index (χ0n) is 8.24. The molecule has 4 heteroatoms. The summed E-state index contributed by atoms with van der Waals surface area (Å²) in [6.07, 6.45) is 8.91. The van der Waals surface area contributed by atoms with Crippen LogP contribution in [0.15, 0.2) is 6.20 Å². The molecule has 1 fully saturated rings. The Kier molecular flexibility index (Phi) is 4.85. The molecule has 0 spiro atoms. The Labute approximate surface area is 95.3 Å². The normalized spacial score (nSPS) is 16.9. The highest BCUT2D eigenvalue weighted by Gasteiger charge is 2.16. The number of hydrogen-bond acceptors (Lipinski definition) is 3. The molecule has 0 aliphatic heterocycles. The molecule has 14 heavy (non-hydrogen) atoms. The second kappa shape index (κ2) is 5.69. The van der Waals surface area contributed by atoms with Gasteiger partial charge < -0.3 is 5.73 Å². The lowest BCUT2D eigenvalue weighted by molar-refractivity contribution is 0.550. The summed E-state index contributed by atoms with van der Waals surface area (Å²) >= 11 is 1.78. The molecule has 0 bridgehead atoms. The van der Waals surface area contributed by atoms with Crippen molar-refractivity contribution in [2.45, 2.75) is 38.6 Å². The molecule has 1 aromatic heterocycles. The minimum absolute atomic E-state index is 0. The Hall–Kier alpha value is -0.120. The van der Waals surface area contributed by atoms with Crippen LogP contribution in [0.25, 0.3) is 0 Å². The van der Waals surface area contributed by atoms with Crippen molar-refractivity contribution in [3.8, 4) is 0 Å². The monoisotopic (exact) mass is 232 g/mol. The standard InChI is InChI=1S/C10H16N2S.ClH/c11-6-10-12-7-9(13-10)5-8-3-1-2-4-8;/h7-8H,1-6,11H2;1H. The predicted octanol–water partition coefficient (Wildman–Crippen LogP) is 2.76. The fourth-order valence-electron chi connectivity index (χ4n) is 2.04. The maximum absolute atomic E-state index is 5.52. The van der Waals surface area contributed by atoms with E-state index in [0.717, 1.165) is 10.9 Å². The van der Waals surface area contributed by atoms with Crippen molar-refractivity contribution in [1.29, 1.82) is 0 Å². The van der Waals surface area contributed by atoms with Gasteiger partial charge in [-0.05, 0) is 12.3 Å². The van der Waals surface area contributed by atoms with E-state index < -0.39 is 0 Å². The summed E-state index contributed by atoms with van der Waals surface area (Å²) in [5.74, 6) is 0.922. The third-order valence-electron chi connectivity index (χ3n) is 2.74. The summed E-state index contributed by atoms with van der Waals surface area (Å²) in [6.45, 7) is 0.593. The quantitative estimate of drug-likeness (QED) is 0.871. The van der Waals surface area contributed by atoms with Crippen molar-refractivity contribution in [3.05, 3.63) is 16.1 Å². The van der Waals surface area contributed by atoms with E-state index in [9.17, 15) is 0 Å². The van der Waals surface area contributed by atoms with Crippen LogP contribution >= 0.6 is 23.7 Å². The van der Waals surface area contributed by atoms with Gasteiger partial charge in [-0.1, -0.05) is 25.7 Å². The fraction of sp³-hybridized carbons (Fsp3) is 0.700. The van der Waals surface area contributed by atoms with Gasteiger partial charge in [0.1, 0.15) is 5.01 Å². The fourth-order valence-corrected chi connectivity index (χ4v) is 2.95. The van der Waals surface area contributed by atoms with Gasteiger partial charge in [-0.25, -0.2) is 4.98 Å². The number of nitrogens with zero attached hydrogens (tertiary/aromatic N) is 1. The van der Waals surface area contributed by atoms with E-state index in [1.165, 1.54) is 37.0 Å². The van der Waals surface area contributed by atoms with Gasteiger partial charge in [-0.15, -0.1) is 23.7 Å². The van der Waals surface area contributed by atoms with Gasteiger partial charge in [0.25, 0.3) is 0 Å². The summed E-state index contributed by atoms with van der Waals surface area (Å²) < 4.78 is 0. The van der Waals surface area contributed by atoms with E-state index >= 15 is 0 Å². The summed E-state index contributed by atoms with van der Waals surface area (Å²) in [7, 11) is 0. The minimum atomic E-state index is 0. The first kappa shape index (κ1) is 12.0. The molecule has 0 atom stereocenters. The van der Waals surface area contributed by atoms with Gasteiger partial charge >= 0.3 is 0 Å². The second-order valence-corrected chi connectivity index (χ2v) is 4.98. The molecule has 2 N–H and O–H groups in total. The number of rotatable bonds is 3. The molecule has 0 aromatic carbocycles. The molecule has 1 aromatic rings. The highest BCUT2D eigenvalue weighted by atomic mass is 35.5. The highest BCUT2D eigenvalue weighted by Crippen LogP contribution is 2.29. The SMILES string of the molecule is Cl.NCc1ncc(CC2CCCC2)s1. The molecular formula is C10H17ClN2S. The van der Waals surface area contributed by atoms with Crippen LogP contribution in [0.3, 0.4) is 0 Å². The Morgan fingerprint density at radius 1 is 1.43 bits per heavy atom. The molecule has 1 heterocycles. The Bertz CT molecular complexity index is 269. The molecule has 1 saturated carbocycles. The first-order chi connectivity index (χ1) is 6.38. The lowest BCUT2D eigenvalue weighted by Gasteiger charge is -2.04. The van der Waals surface area contributed by atoms with Crippen LogP contribution in [0.5, 0.6) is 0 Å². The van der Waals surface area contributed by atoms with Crippen LogP contribution in [0, 0.1) is 5.92 Å². The van der Waals surface area contributed by atoms with Crippen LogP contribution in [-0.2, 0) is 13.0 Å². The molecule has 0 saturated heterocycles. The number of halogens is 1. The Morgan fingerprint density at radius 3 is 2.71 bits per heavy atom. The van der Waals surface area contributed by atoms with Crippen molar-refractivity contribution in [2.75, 3.05) is 0 Å². The topological polar surface area (TPSA) is 38.9 Å². The molecule has 1 aliphatic carbocycles. The predicted molar refractivity (Wildman–Crippen MR) is 62.9 cm³/mol. The summed E-state index contributed by atoms with van der Waals surface area (Å²) in [5, 5.41) is 1.08. The molecule has 0 amide bonds. The Balaban J connectivity index is 0.000000980. The van der Waals surface area contributed by atoms with E-state index in [1.807, 2.05) is 6.20 Å². The molecule has 80 valence electrons. The Morgan fingerprint density at radius 2 is 2.14 bits per heavy atom. The number of hydrogen-bond donors (Lipinski definition) is 1. The third kappa shape index (κ3) is 2.94. The molecule has 0 radical (unpaired) electrons. The van der Waals surface area contributed by atoms with Gasteiger partial charge in [-0.3, -0.25) is 0 Å². The lowest BCUT2D eigenvalue weighted by Crippen LogP contribution is -1.96. The summed E-state index contributed by atoms with van der Waals surface area (Å²) in [5.41, 5.74) is 5.52. The van der Waals surface area contributed by atoms with Crippen LogP contribution in [0.1, 0.15) is 35.6 Å². The van der Waals surface area contributed by atoms with Crippen molar-refractivity contribution in [1.82, 2.24) is 4.98 Å². The van der Waals surface area contributed by atoms with E-state index in [0.29, 0.717) is 6.54 Å². The van der Waals surface area contributed by atoms with Crippen LogP contribution in [0.4, 0.5) is 0 Å². The van der Waals surface area contributed by atoms with E-state index in [1.54, 1.807) is 11.3 Å². The van der Waals surface area contributed by atoms with Gasteiger partial charge in [0.2, 0.25) is 0 Å². The van der Waals surface area contributed by atoms with Gasteiger partial charge in [0.15, 0.2) is 0 Å². The highest BCUT2D eigenvalue weighted by molar-refractivity contribution is 7.11.